The number of pyridine rings is 1. The number of alkyl halides is 1. The molecule has 2 atom stereocenters. The minimum absolute atomic E-state index is 0.244. The first-order chi connectivity index (χ1) is 12.7. The van der Waals surface area contributed by atoms with E-state index < -0.39 is 12.3 Å². The number of aromatic nitrogens is 3. The summed E-state index contributed by atoms with van der Waals surface area (Å²) in [6, 6.07) is 11.6. The lowest BCUT2D eigenvalue weighted by molar-refractivity contribution is 0.00863. The van der Waals surface area contributed by atoms with Gasteiger partial charge >= 0.3 is 0 Å². The molecule has 6 nitrogen and oxygen atoms in total. The number of hydrogen-bond donors (Lipinski definition) is 1. The van der Waals surface area contributed by atoms with Gasteiger partial charge in [-0.05, 0) is 29.8 Å². The van der Waals surface area contributed by atoms with Crippen LogP contribution < -0.4 is 4.74 Å². The number of H-pyrrole nitrogens is 1. The van der Waals surface area contributed by atoms with Crippen molar-refractivity contribution in [3.63, 3.8) is 0 Å². The van der Waals surface area contributed by atoms with Gasteiger partial charge in [-0.15, -0.1) is 0 Å². The summed E-state index contributed by atoms with van der Waals surface area (Å²) >= 11 is 0. The van der Waals surface area contributed by atoms with Crippen molar-refractivity contribution in [1.29, 1.82) is 0 Å². The van der Waals surface area contributed by atoms with E-state index in [1.807, 2.05) is 36.4 Å². The molecule has 1 saturated heterocycles. The predicted molar refractivity (Wildman–Crippen MR) is 95.6 cm³/mol. The SMILES string of the molecule is COc1cccc(CN2CC(F)C(OCc3nc4ncccc4[nH]3)C2)c1. The van der Waals surface area contributed by atoms with Crippen LogP contribution in [0.5, 0.6) is 5.75 Å². The van der Waals surface area contributed by atoms with Crippen LogP contribution >= 0.6 is 0 Å². The zero-order valence-corrected chi connectivity index (χ0v) is 14.6. The number of rotatable bonds is 6. The fraction of sp³-hybridized carbons (Fsp3) is 0.368. The van der Waals surface area contributed by atoms with Crippen LogP contribution in [0.15, 0.2) is 42.6 Å². The summed E-state index contributed by atoms with van der Waals surface area (Å²) in [6.07, 6.45) is 0.226. The van der Waals surface area contributed by atoms with Crippen LogP contribution in [0.25, 0.3) is 11.2 Å². The lowest BCUT2D eigenvalue weighted by Crippen LogP contribution is -2.24. The molecule has 136 valence electrons. The van der Waals surface area contributed by atoms with Crippen molar-refractivity contribution in [1.82, 2.24) is 19.9 Å². The second kappa shape index (κ2) is 7.39. The Morgan fingerprint density at radius 3 is 3.04 bits per heavy atom. The van der Waals surface area contributed by atoms with Crippen molar-refractivity contribution in [3.05, 3.63) is 54.0 Å². The molecule has 4 rings (SSSR count). The molecule has 7 heteroatoms. The lowest BCUT2D eigenvalue weighted by atomic mass is 10.2. The minimum atomic E-state index is -1.01. The van der Waals surface area contributed by atoms with Gasteiger partial charge in [0.1, 0.15) is 30.5 Å². The molecule has 0 aliphatic carbocycles. The van der Waals surface area contributed by atoms with E-state index in [4.69, 9.17) is 9.47 Å². The molecule has 26 heavy (non-hydrogen) atoms. The fourth-order valence-corrected chi connectivity index (χ4v) is 3.27. The molecular formula is C19H21FN4O2. The Balaban J connectivity index is 1.34. The number of benzene rings is 1. The van der Waals surface area contributed by atoms with E-state index in [-0.39, 0.29) is 6.61 Å². The molecule has 2 aromatic heterocycles. The van der Waals surface area contributed by atoms with Crippen LogP contribution in [0.4, 0.5) is 4.39 Å². The first kappa shape index (κ1) is 16.9. The Labute approximate surface area is 151 Å². The molecule has 1 aliphatic heterocycles. The molecule has 0 saturated carbocycles. The summed E-state index contributed by atoms with van der Waals surface area (Å²) in [4.78, 5) is 13.8. The number of halogens is 1. The van der Waals surface area contributed by atoms with Crippen molar-refractivity contribution in [3.8, 4) is 5.75 Å². The molecule has 1 aliphatic rings. The highest BCUT2D eigenvalue weighted by Gasteiger charge is 2.33. The molecule has 1 N–H and O–H groups in total. The van der Waals surface area contributed by atoms with Crippen molar-refractivity contribution in [2.24, 2.45) is 0 Å². The Hall–Kier alpha value is -2.51. The molecule has 0 radical (unpaired) electrons. The van der Waals surface area contributed by atoms with E-state index in [1.165, 1.54) is 0 Å². The number of likely N-dealkylation sites (tertiary alicyclic amines) is 1. The number of methoxy groups -OCH3 is 1. The highest BCUT2D eigenvalue weighted by atomic mass is 19.1. The van der Waals surface area contributed by atoms with Gasteiger partial charge in [0, 0.05) is 25.8 Å². The molecule has 2 unspecified atom stereocenters. The number of hydrogen-bond acceptors (Lipinski definition) is 5. The van der Waals surface area contributed by atoms with Gasteiger partial charge in [0.2, 0.25) is 0 Å². The van der Waals surface area contributed by atoms with E-state index in [0.717, 1.165) is 16.8 Å². The second-order valence-electron chi connectivity index (χ2n) is 6.47. The Kier molecular flexibility index (Phi) is 4.81. The van der Waals surface area contributed by atoms with E-state index in [9.17, 15) is 4.39 Å². The van der Waals surface area contributed by atoms with Crippen molar-refractivity contribution in [2.45, 2.75) is 25.4 Å². The summed E-state index contributed by atoms with van der Waals surface area (Å²) in [5, 5.41) is 0. The molecule has 1 aromatic carbocycles. The van der Waals surface area contributed by atoms with Gasteiger partial charge in [0.25, 0.3) is 0 Å². The van der Waals surface area contributed by atoms with Crippen LogP contribution in [-0.2, 0) is 17.9 Å². The van der Waals surface area contributed by atoms with Crippen LogP contribution in [0.1, 0.15) is 11.4 Å². The lowest BCUT2D eigenvalue weighted by Gasteiger charge is -2.16. The number of nitrogens with one attached hydrogen (secondary N) is 1. The first-order valence-electron chi connectivity index (χ1n) is 8.62. The zero-order valence-electron chi connectivity index (χ0n) is 14.6. The van der Waals surface area contributed by atoms with Crippen LogP contribution in [0, 0.1) is 0 Å². The second-order valence-corrected chi connectivity index (χ2v) is 6.47. The Morgan fingerprint density at radius 2 is 2.19 bits per heavy atom. The highest BCUT2D eigenvalue weighted by Crippen LogP contribution is 2.22. The smallest absolute Gasteiger partial charge is 0.177 e. The first-order valence-corrected chi connectivity index (χ1v) is 8.62. The Morgan fingerprint density at radius 1 is 1.27 bits per heavy atom. The summed E-state index contributed by atoms with van der Waals surface area (Å²) < 4.78 is 25.4. The average Bonchev–Trinajstić information content (AvgIpc) is 3.22. The average molecular weight is 356 g/mol. The van der Waals surface area contributed by atoms with Gasteiger partial charge in [-0.2, -0.15) is 0 Å². The third-order valence-electron chi connectivity index (χ3n) is 4.56. The van der Waals surface area contributed by atoms with Gasteiger partial charge in [-0.25, -0.2) is 14.4 Å². The van der Waals surface area contributed by atoms with Gasteiger partial charge in [0.15, 0.2) is 5.65 Å². The minimum Gasteiger partial charge on any atom is -0.497 e. The van der Waals surface area contributed by atoms with Crippen molar-refractivity contribution < 1.29 is 13.9 Å². The van der Waals surface area contributed by atoms with Gasteiger partial charge in [0.05, 0.1) is 12.6 Å². The predicted octanol–water partition coefficient (Wildman–Crippen LogP) is 2.71. The standard InChI is InChI=1S/C19H21FN4O2/c1-25-14-5-2-4-13(8-14)9-24-10-15(20)17(11-24)26-12-18-22-16-6-3-7-21-19(16)23-18/h2-8,15,17H,9-12H2,1H3,(H,21,22,23). The molecule has 3 heterocycles. The van der Waals surface area contributed by atoms with Crippen LogP contribution in [-0.4, -0.2) is 52.3 Å². The summed E-state index contributed by atoms with van der Waals surface area (Å²) in [5.41, 5.74) is 2.60. The van der Waals surface area contributed by atoms with Crippen molar-refractivity contribution in [2.75, 3.05) is 20.2 Å². The monoisotopic (exact) mass is 356 g/mol. The maximum Gasteiger partial charge on any atom is 0.177 e. The normalized spacial score (nSPS) is 20.7. The number of imidazole rings is 1. The number of nitrogens with zero attached hydrogens (tertiary/aromatic N) is 3. The number of aromatic amines is 1. The van der Waals surface area contributed by atoms with Gasteiger partial charge < -0.3 is 14.5 Å². The largest absolute Gasteiger partial charge is 0.497 e. The molecule has 1 fully saturated rings. The van der Waals surface area contributed by atoms with E-state index >= 15 is 0 Å². The summed E-state index contributed by atoms with van der Waals surface area (Å²) in [5.74, 6) is 1.47. The maximum absolute atomic E-state index is 14.4. The maximum atomic E-state index is 14.4. The zero-order chi connectivity index (χ0) is 17.9. The van der Waals surface area contributed by atoms with E-state index in [1.54, 1.807) is 13.3 Å². The molecule has 0 bridgehead atoms. The van der Waals surface area contributed by atoms with Crippen LogP contribution in [0.3, 0.4) is 0 Å². The number of ether oxygens (including phenoxy) is 2. The third kappa shape index (κ3) is 3.68. The van der Waals surface area contributed by atoms with Crippen LogP contribution in [0.2, 0.25) is 0 Å². The number of fused-ring (bicyclic) bond motifs is 1. The molecular weight excluding hydrogens is 335 g/mol. The van der Waals surface area contributed by atoms with Crippen molar-refractivity contribution >= 4 is 11.2 Å². The van der Waals surface area contributed by atoms with E-state index in [2.05, 4.69) is 19.9 Å². The molecule has 3 aromatic rings. The van der Waals surface area contributed by atoms with Gasteiger partial charge in [-0.1, -0.05) is 12.1 Å². The summed E-state index contributed by atoms with van der Waals surface area (Å²) in [6.45, 7) is 1.83. The fourth-order valence-electron chi connectivity index (χ4n) is 3.27. The highest BCUT2D eigenvalue weighted by molar-refractivity contribution is 5.69. The molecule has 0 spiro atoms. The van der Waals surface area contributed by atoms with E-state index in [0.29, 0.717) is 31.1 Å². The quantitative estimate of drug-likeness (QED) is 0.736. The topological polar surface area (TPSA) is 63.3 Å². The summed E-state index contributed by atoms with van der Waals surface area (Å²) in [7, 11) is 1.64. The molecule has 0 amide bonds. The Bertz CT molecular complexity index is 852. The van der Waals surface area contributed by atoms with Gasteiger partial charge in [-0.3, -0.25) is 4.90 Å². The third-order valence-corrected chi connectivity index (χ3v) is 4.56.